The predicted octanol–water partition coefficient (Wildman–Crippen LogP) is 15.4. The van der Waals surface area contributed by atoms with E-state index in [9.17, 15) is 0 Å². The monoisotopic (exact) mass is 775 g/mol. The van der Waals surface area contributed by atoms with Gasteiger partial charge in [-0.15, -0.1) is 0 Å². The minimum atomic E-state index is 0.696. The Bertz CT molecular complexity index is 3550. The molecular weight excluding hydrogens is 739 g/mol. The van der Waals surface area contributed by atoms with Crippen LogP contribution in [0.4, 0.5) is 0 Å². The molecule has 61 heavy (non-hydrogen) atoms. The van der Waals surface area contributed by atoms with Crippen LogP contribution in [0.25, 0.3) is 116 Å². The van der Waals surface area contributed by atoms with Crippen LogP contribution in [-0.2, 0) is 0 Å². The molecule has 0 fully saturated rings. The minimum Gasteiger partial charge on any atom is -0.294 e. The molecule has 2 heterocycles. The third-order valence-electron chi connectivity index (χ3n) is 12.2. The van der Waals surface area contributed by atoms with E-state index in [0.717, 1.165) is 39.2 Å². The molecule has 0 N–H and O–H groups in total. The summed E-state index contributed by atoms with van der Waals surface area (Å²) in [5.74, 6) is 1.54. The lowest BCUT2D eigenvalue weighted by Crippen LogP contribution is -2.02. The molecule has 3 nitrogen and oxygen atoms in total. The van der Waals surface area contributed by atoms with E-state index in [1.807, 2.05) is 18.2 Å². The molecule has 0 atom stereocenters. The highest BCUT2D eigenvalue weighted by molar-refractivity contribution is 6.20. The molecule has 0 aliphatic carbocycles. The zero-order chi connectivity index (χ0) is 40.3. The lowest BCUT2D eigenvalue weighted by atomic mass is 9.89. The lowest BCUT2D eigenvalue weighted by molar-refractivity contribution is 1.05. The fourth-order valence-corrected chi connectivity index (χ4v) is 9.23. The average molecular weight is 776 g/mol. The van der Waals surface area contributed by atoms with Crippen LogP contribution in [0, 0.1) is 0 Å². The standard InChI is InChI=1S/C58H37N3/c1-2-13-45(14-3-1)58-59-53(37-56(60-58)61-54-20-10-8-18-49(54)50-19-9-11-21-55(50)61)43-30-26-40(27-31-43)38-22-24-39(25-23-38)41-28-32-44(33-29-41)57-48-17-7-5-15-46(48)36-52-47-16-6-4-12-42(47)34-35-51(52)57/h1-37H. The summed E-state index contributed by atoms with van der Waals surface area (Å²) in [6, 6.07) is 80.5. The maximum absolute atomic E-state index is 5.18. The first-order chi connectivity index (χ1) is 30.2. The quantitative estimate of drug-likeness (QED) is 0.124. The molecule has 12 aromatic rings. The molecule has 0 saturated heterocycles. The second kappa shape index (κ2) is 14.3. The first-order valence-corrected chi connectivity index (χ1v) is 20.8. The van der Waals surface area contributed by atoms with E-state index in [2.05, 4.69) is 211 Å². The Kier molecular flexibility index (Phi) is 8.17. The van der Waals surface area contributed by atoms with E-state index in [4.69, 9.17) is 9.97 Å². The summed E-state index contributed by atoms with van der Waals surface area (Å²) >= 11 is 0. The van der Waals surface area contributed by atoms with Gasteiger partial charge in [-0.05, 0) is 83.9 Å². The van der Waals surface area contributed by atoms with Crippen LogP contribution in [0.5, 0.6) is 0 Å². The van der Waals surface area contributed by atoms with Crippen molar-refractivity contribution in [2.24, 2.45) is 0 Å². The van der Waals surface area contributed by atoms with Gasteiger partial charge in [0.25, 0.3) is 0 Å². The van der Waals surface area contributed by atoms with Crippen LogP contribution in [0.1, 0.15) is 0 Å². The van der Waals surface area contributed by atoms with Gasteiger partial charge in [-0.3, -0.25) is 4.57 Å². The van der Waals surface area contributed by atoms with E-state index in [1.165, 1.54) is 70.9 Å². The van der Waals surface area contributed by atoms with Crippen molar-refractivity contribution in [1.29, 1.82) is 0 Å². The van der Waals surface area contributed by atoms with Crippen molar-refractivity contribution in [3.05, 3.63) is 224 Å². The fraction of sp³-hybridized carbons (Fsp3) is 0. The van der Waals surface area contributed by atoms with Gasteiger partial charge in [-0.25, -0.2) is 9.97 Å². The SMILES string of the molecule is c1ccc(-c2nc(-c3ccc(-c4ccc(-c5ccc(-c6c7ccccc7cc7c6ccc6ccccc67)cc5)cc4)cc3)cc(-n3c4ccccc4c4ccccc43)n2)cc1. The zero-order valence-corrected chi connectivity index (χ0v) is 33.2. The van der Waals surface area contributed by atoms with Crippen LogP contribution in [0.15, 0.2) is 224 Å². The number of hydrogen-bond donors (Lipinski definition) is 0. The molecule has 0 radical (unpaired) electrons. The molecule has 0 amide bonds. The van der Waals surface area contributed by atoms with Gasteiger partial charge in [0.1, 0.15) is 5.82 Å². The first-order valence-electron chi connectivity index (χ1n) is 20.8. The first kappa shape index (κ1) is 34.9. The highest BCUT2D eigenvalue weighted by atomic mass is 15.1. The Hall–Kier alpha value is -8.14. The number of rotatable bonds is 6. The van der Waals surface area contributed by atoms with E-state index in [-0.39, 0.29) is 0 Å². The van der Waals surface area contributed by atoms with Gasteiger partial charge in [0.15, 0.2) is 5.82 Å². The molecule has 10 aromatic carbocycles. The summed E-state index contributed by atoms with van der Waals surface area (Å²) in [6.45, 7) is 0. The number of hydrogen-bond acceptors (Lipinski definition) is 2. The number of nitrogens with zero attached hydrogens (tertiary/aromatic N) is 3. The molecule has 0 saturated carbocycles. The van der Waals surface area contributed by atoms with Gasteiger partial charge in [-0.2, -0.15) is 0 Å². The Morgan fingerprint density at radius 1 is 0.279 bits per heavy atom. The van der Waals surface area contributed by atoms with Crippen LogP contribution in [0.3, 0.4) is 0 Å². The minimum absolute atomic E-state index is 0.696. The third-order valence-corrected chi connectivity index (χ3v) is 12.2. The summed E-state index contributed by atoms with van der Waals surface area (Å²) < 4.78 is 2.26. The molecule has 12 rings (SSSR count). The second-order valence-corrected chi connectivity index (χ2v) is 15.8. The van der Waals surface area contributed by atoms with Crippen molar-refractivity contribution >= 4 is 54.1 Å². The summed E-state index contributed by atoms with van der Waals surface area (Å²) in [6.07, 6.45) is 0. The predicted molar refractivity (Wildman–Crippen MR) is 256 cm³/mol. The maximum Gasteiger partial charge on any atom is 0.162 e. The topological polar surface area (TPSA) is 30.7 Å². The molecular formula is C58H37N3. The Morgan fingerprint density at radius 2 is 0.770 bits per heavy atom. The van der Waals surface area contributed by atoms with E-state index in [1.54, 1.807) is 0 Å². The molecule has 0 unspecified atom stereocenters. The molecule has 284 valence electrons. The van der Waals surface area contributed by atoms with Gasteiger partial charge < -0.3 is 0 Å². The Balaban J connectivity index is 0.868. The van der Waals surface area contributed by atoms with Crippen LogP contribution in [-0.4, -0.2) is 14.5 Å². The summed E-state index contributed by atoms with van der Waals surface area (Å²) in [5, 5.41) is 10.1. The van der Waals surface area contributed by atoms with Crippen molar-refractivity contribution in [3.8, 4) is 61.8 Å². The number of benzene rings is 10. The number of fused-ring (bicyclic) bond motifs is 7. The van der Waals surface area contributed by atoms with E-state index in [0.29, 0.717) is 5.82 Å². The number of para-hydroxylation sites is 2. The van der Waals surface area contributed by atoms with Crippen molar-refractivity contribution in [1.82, 2.24) is 14.5 Å². The molecule has 3 heteroatoms. The average Bonchev–Trinajstić information content (AvgIpc) is 3.68. The molecule has 2 aromatic heterocycles. The third kappa shape index (κ3) is 5.98. The van der Waals surface area contributed by atoms with Gasteiger partial charge in [-0.1, -0.05) is 200 Å². The normalized spacial score (nSPS) is 11.6. The van der Waals surface area contributed by atoms with Gasteiger partial charge >= 0.3 is 0 Å². The summed E-state index contributed by atoms with van der Waals surface area (Å²) in [5.41, 5.74) is 12.3. The summed E-state index contributed by atoms with van der Waals surface area (Å²) in [7, 11) is 0. The fourth-order valence-electron chi connectivity index (χ4n) is 9.23. The van der Waals surface area contributed by atoms with Crippen LogP contribution >= 0.6 is 0 Å². The summed E-state index contributed by atoms with van der Waals surface area (Å²) in [4.78, 5) is 10.3. The van der Waals surface area contributed by atoms with Crippen molar-refractivity contribution < 1.29 is 0 Å². The maximum atomic E-state index is 5.18. The Morgan fingerprint density at radius 3 is 1.39 bits per heavy atom. The second-order valence-electron chi connectivity index (χ2n) is 15.8. The van der Waals surface area contributed by atoms with Crippen LogP contribution in [0.2, 0.25) is 0 Å². The number of aromatic nitrogens is 3. The lowest BCUT2D eigenvalue weighted by Gasteiger charge is -2.14. The van der Waals surface area contributed by atoms with E-state index < -0.39 is 0 Å². The van der Waals surface area contributed by atoms with Crippen molar-refractivity contribution in [2.75, 3.05) is 0 Å². The van der Waals surface area contributed by atoms with Crippen molar-refractivity contribution in [3.63, 3.8) is 0 Å². The van der Waals surface area contributed by atoms with Gasteiger partial charge in [0.2, 0.25) is 0 Å². The molecule has 0 spiro atoms. The Labute approximate surface area is 353 Å². The molecule has 0 aliphatic heterocycles. The van der Waals surface area contributed by atoms with Gasteiger partial charge in [0.05, 0.1) is 16.7 Å². The van der Waals surface area contributed by atoms with Crippen LogP contribution < -0.4 is 0 Å². The van der Waals surface area contributed by atoms with Gasteiger partial charge in [0, 0.05) is 28.0 Å². The zero-order valence-electron chi connectivity index (χ0n) is 33.2. The largest absolute Gasteiger partial charge is 0.294 e. The highest BCUT2D eigenvalue weighted by Gasteiger charge is 2.17. The van der Waals surface area contributed by atoms with Crippen molar-refractivity contribution in [2.45, 2.75) is 0 Å². The highest BCUT2D eigenvalue weighted by Crippen LogP contribution is 2.40. The smallest absolute Gasteiger partial charge is 0.162 e. The molecule has 0 bridgehead atoms. The molecule has 0 aliphatic rings. The van der Waals surface area contributed by atoms with E-state index >= 15 is 0 Å².